The summed E-state index contributed by atoms with van der Waals surface area (Å²) in [4.78, 5) is 28.4. The van der Waals surface area contributed by atoms with Crippen LogP contribution in [0, 0.1) is 0 Å². The minimum Gasteiger partial charge on any atom is -0.489 e. The molecule has 0 radical (unpaired) electrons. The Morgan fingerprint density at radius 1 is 1.09 bits per heavy atom. The molecule has 2 fully saturated rings. The van der Waals surface area contributed by atoms with E-state index >= 15 is 0 Å². The summed E-state index contributed by atoms with van der Waals surface area (Å²) in [6.45, 7) is 7.32. The topological polar surface area (TPSA) is 73.9 Å². The number of Topliss-reactive ketones (excluding diaryl/α,β-unsaturated/α-hetero) is 1. The van der Waals surface area contributed by atoms with Crippen LogP contribution in [-0.4, -0.2) is 67.0 Å². The number of nitrogens with zero attached hydrogens (tertiary/aromatic N) is 2. The van der Waals surface area contributed by atoms with E-state index in [9.17, 15) is 9.59 Å². The molecular weight excluding hydrogens is 484 g/mol. The SMILES string of the molecule is CC(=O)c1cccc(NC(=O)N2CCN(Cc3ccc(OC4CCNCC4)c(Br)c3)CC2)c1. The van der Waals surface area contributed by atoms with Crippen LogP contribution in [0.2, 0.25) is 0 Å². The highest BCUT2D eigenvalue weighted by Gasteiger charge is 2.22. The van der Waals surface area contributed by atoms with Crippen molar-refractivity contribution in [2.75, 3.05) is 44.6 Å². The molecule has 2 saturated heterocycles. The molecule has 2 aromatic carbocycles. The van der Waals surface area contributed by atoms with Crippen molar-refractivity contribution < 1.29 is 14.3 Å². The highest BCUT2D eigenvalue weighted by atomic mass is 79.9. The molecule has 2 heterocycles. The quantitative estimate of drug-likeness (QED) is 0.566. The number of piperazine rings is 1. The number of anilines is 1. The van der Waals surface area contributed by atoms with Crippen molar-refractivity contribution in [2.45, 2.75) is 32.4 Å². The van der Waals surface area contributed by atoms with Gasteiger partial charge in [-0.1, -0.05) is 18.2 Å². The fraction of sp³-hybridized carbons (Fsp3) is 0.440. The number of halogens is 1. The minimum absolute atomic E-state index is 0.0165. The highest BCUT2D eigenvalue weighted by molar-refractivity contribution is 9.10. The Morgan fingerprint density at radius 2 is 1.85 bits per heavy atom. The molecule has 0 unspecified atom stereocenters. The Morgan fingerprint density at radius 3 is 2.55 bits per heavy atom. The van der Waals surface area contributed by atoms with Gasteiger partial charge in [0, 0.05) is 44.0 Å². The predicted octanol–water partition coefficient (Wildman–Crippen LogP) is 4.13. The molecule has 33 heavy (non-hydrogen) atoms. The number of rotatable bonds is 6. The number of hydrogen-bond donors (Lipinski definition) is 2. The smallest absolute Gasteiger partial charge is 0.321 e. The molecule has 7 nitrogen and oxygen atoms in total. The lowest BCUT2D eigenvalue weighted by atomic mass is 10.1. The Labute approximate surface area is 203 Å². The number of nitrogens with one attached hydrogen (secondary N) is 2. The number of carbonyl (C=O) groups excluding carboxylic acids is 2. The van der Waals surface area contributed by atoms with Crippen molar-refractivity contribution in [3.05, 3.63) is 58.1 Å². The maximum Gasteiger partial charge on any atom is 0.321 e. The monoisotopic (exact) mass is 514 g/mol. The van der Waals surface area contributed by atoms with Gasteiger partial charge in [0.05, 0.1) is 4.47 Å². The van der Waals surface area contributed by atoms with E-state index in [-0.39, 0.29) is 17.9 Å². The zero-order valence-corrected chi connectivity index (χ0v) is 20.6. The van der Waals surface area contributed by atoms with Crippen molar-refractivity contribution in [3.8, 4) is 5.75 Å². The van der Waals surface area contributed by atoms with Crippen LogP contribution in [-0.2, 0) is 6.54 Å². The summed E-state index contributed by atoms with van der Waals surface area (Å²) in [6.07, 6.45) is 2.35. The van der Waals surface area contributed by atoms with E-state index < -0.39 is 0 Å². The lowest BCUT2D eigenvalue weighted by Crippen LogP contribution is -2.49. The summed E-state index contributed by atoms with van der Waals surface area (Å²) < 4.78 is 7.16. The summed E-state index contributed by atoms with van der Waals surface area (Å²) in [5, 5.41) is 6.27. The van der Waals surface area contributed by atoms with Crippen molar-refractivity contribution in [2.24, 2.45) is 0 Å². The first-order valence-corrected chi connectivity index (χ1v) is 12.3. The average molecular weight is 515 g/mol. The van der Waals surface area contributed by atoms with E-state index in [1.165, 1.54) is 12.5 Å². The van der Waals surface area contributed by atoms with Crippen molar-refractivity contribution >= 4 is 33.4 Å². The van der Waals surface area contributed by atoms with Crippen LogP contribution < -0.4 is 15.4 Å². The molecule has 0 atom stereocenters. The van der Waals surface area contributed by atoms with E-state index in [4.69, 9.17) is 4.74 Å². The van der Waals surface area contributed by atoms with Crippen LogP contribution in [0.1, 0.15) is 35.7 Å². The number of urea groups is 1. The maximum absolute atomic E-state index is 12.6. The molecule has 176 valence electrons. The molecule has 0 aliphatic carbocycles. The van der Waals surface area contributed by atoms with Gasteiger partial charge in [0.2, 0.25) is 0 Å². The van der Waals surface area contributed by atoms with Crippen LogP contribution in [0.3, 0.4) is 0 Å². The van der Waals surface area contributed by atoms with E-state index in [1.807, 2.05) is 4.90 Å². The van der Waals surface area contributed by atoms with Gasteiger partial charge in [-0.25, -0.2) is 4.79 Å². The third-order valence-corrected chi connectivity index (χ3v) is 6.78. The molecule has 2 aliphatic heterocycles. The van der Waals surface area contributed by atoms with Crippen molar-refractivity contribution in [1.82, 2.24) is 15.1 Å². The summed E-state index contributed by atoms with van der Waals surface area (Å²) >= 11 is 3.67. The normalized spacial score (nSPS) is 17.6. The van der Waals surface area contributed by atoms with E-state index in [0.717, 1.165) is 55.8 Å². The van der Waals surface area contributed by atoms with Gasteiger partial charge in [-0.05, 0) is 78.6 Å². The van der Waals surface area contributed by atoms with Gasteiger partial charge in [0.15, 0.2) is 5.78 Å². The molecule has 0 bridgehead atoms. The van der Waals surface area contributed by atoms with Crippen LogP contribution in [0.5, 0.6) is 5.75 Å². The summed E-state index contributed by atoms with van der Waals surface area (Å²) in [5.41, 5.74) is 2.46. The van der Waals surface area contributed by atoms with Crippen molar-refractivity contribution in [3.63, 3.8) is 0 Å². The van der Waals surface area contributed by atoms with E-state index in [2.05, 4.69) is 49.7 Å². The molecule has 2 amide bonds. The van der Waals surface area contributed by atoms with Gasteiger partial charge in [0.25, 0.3) is 0 Å². The lowest BCUT2D eigenvalue weighted by Gasteiger charge is -2.34. The summed E-state index contributed by atoms with van der Waals surface area (Å²) in [7, 11) is 0. The fourth-order valence-corrected chi connectivity index (χ4v) is 4.74. The molecule has 0 saturated carbocycles. The number of carbonyl (C=O) groups is 2. The number of hydrogen-bond acceptors (Lipinski definition) is 5. The van der Waals surface area contributed by atoms with Crippen LogP contribution in [0.4, 0.5) is 10.5 Å². The first kappa shape index (κ1) is 23.7. The molecule has 2 aliphatic rings. The Kier molecular flexibility index (Phi) is 8.01. The average Bonchev–Trinajstić information content (AvgIpc) is 2.82. The number of ketones is 1. The number of ether oxygens (including phenoxy) is 1. The molecule has 0 aromatic heterocycles. The van der Waals surface area contributed by atoms with Crippen LogP contribution >= 0.6 is 15.9 Å². The van der Waals surface area contributed by atoms with Gasteiger partial charge >= 0.3 is 6.03 Å². The third-order valence-electron chi connectivity index (χ3n) is 6.16. The van der Waals surface area contributed by atoms with Gasteiger partial charge in [-0.2, -0.15) is 0 Å². The van der Waals surface area contributed by atoms with Gasteiger partial charge in [-0.3, -0.25) is 9.69 Å². The predicted molar refractivity (Wildman–Crippen MR) is 133 cm³/mol. The summed E-state index contributed by atoms with van der Waals surface area (Å²) in [5.74, 6) is 0.887. The second kappa shape index (κ2) is 11.1. The Balaban J connectivity index is 1.26. The maximum atomic E-state index is 12.6. The molecule has 2 aromatic rings. The number of piperidine rings is 1. The number of benzene rings is 2. The zero-order chi connectivity index (χ0) is 23.2. The molecule has 8 heteroatoms. The van der Waals surface area contributed by atoms with Crippen molar-refractivity contribution in [1.29, 1.82) is 0 Å². The Bertz CT molecular complexity index is 985. The molecule has 2 N–H and O–H groups in total. The first-order chi connectivity index (χ1) is 16.0. The third kappa shape index (κ3) is 6.56. The Hall–Kier alpha value is -2.42. The van der Waals surface area contributed by atoms with Gasteiger partial charge in [-0.15, -0.1) is 0 Å². The standard InChI is InChI=1S/C25H31BrN4O3/c1-18(31)20-3-2-4-21(16-20)28-25(32)30-13-11-29(12-14-30)17-19-5-6-24(23(26)15-19)33-22-7-9-27-10-8-22/h2-6,15-16,22,27H,7-14,17H2,1H3,(H,28,32). The van der Waals surface area contributed by atoms with E-state index in [0.29, 0.717) is 24.3 Å². The first-order valence-electron chi connectivity index (χ1n) is 11.5. The second-order valence-corrected chi connectivity index (χ2v) is 9.52. The van der Waals surface area contributed by atoms with E-state index in [1.54, 1.807) is 24.3 Å². The highest BCUT2D eigenvalue weighted by Crippen LogP contribution is 2.29. The fourth-order valence-electron chi connectivity index (χ4n) is 4.22. The van der Waals surface area contributed by atoms with Crippen LogP contribution in [0.15, 0.2) is 46.9 Å². The lowest BCUT2D eigenvalue weighted by molar-refractivity contribution is 0.101. The minimum atomic E-state index is -0.127. The second-order valence-electron chi connectivity index (χ2n) is 8.66. The number of amides is 2. The molecular formula is C25H31BrN4O3. The van der Waals surface area contributed by atoms with Gasteiger partial charge < -0.3 is 20.3 Å². The van der Waals surface area contributed by atoms with Gasteiger partial charge in [0.1, 0.15) is 11.9 Å². The molecule has 4 rings (SSSR count). The van der Waals surface area contributed by atoms with Crippen LogP contribution in [0.25, 0.3) is 0 Å². The summed E-state index contributed by atoms with van der Waals surface area (Å²) in [6, 6.07) is 13.2. The largest absolute Gasteiger partial charge is 0.489 e. The molecule has 0 spiro atoms. The zero-order valence-electron chi connectivity index (χ0n) is 19.0.